The summed E-state index contributed by atoms with van der Waals surface area (Å²) in [6.45, 7) is 7.48. The molecule has 12 nitrogen and oxygen atoms in total. The molecule has 56 heavy (non-hydrogen) atoms. The van der Waals surface area contributed by atoms with Crippen LogP contribution in [0.1, 0.15) is 152 Å². The molecule has 0 radical (unpaired) electrons. The first-order valence-corrected chi connectivity index (χ1v) is 22.5. The Kier molecular flexibility index (Phi) is 29.8. The molecule has 13 heteroatoms. The van der Waals surface area contributed by atoms with Gasteiger partial charge in [-0.1, -0.05) is 88.8 Å². The topological polar surface area (TPSA) is 188 Å². The second-order valence-electron chi connectivity index (χ2n) is 14.4. The number of aryl methyl sites for hydroxylation is 2. The van der Waals surface area contributed by atoms with E-state index >= 15 is 0 Å². The van der Waals surface area contributed by atoms with Gasteiger partial charge in [0.25, 0.3) is 0 Å². The molecule has 0 saturated heterocycles. The third kappa shape index (κ3) is 25.6. The Bertz CT molecular complexity index is 1320. The van der Waals surface area contributed by atoms with E-state index in [0.29, 0.717) is 12.8 Å². The molecule has 3 unspecified atom stereocenters. The van der Waals surface area contributed by atoms with Crippen molar-refractivity contribution in [3.8, 4) is 0 Å². The molecular weight excluding hydrogens is 737 g/mol. The van der Waals surface area contributed by atoms with Crippen molar-refractivity contribution in [3.05, 3.63) is 59.1 Å². The number of hydrogen-bond donors (Lipinski definition) is 4. The highest BCUT2D eigenvalue weighted by atomic mass is 31.2. The summed E-state index contributed by atoms with van der Waals surface area (Å²) >= 11 is 0. The number of allylic oxidation sites excluding steroid dienone is 5. The predicted octanol–water partition coefficient (Wildman–Crippen LogP) is 8.98. The molecule has 1 rings (SSSR count). The van der Waals surface area contributed by atoms with Gasteiger partial charge in [0, 0.05) is 32.2 Å². The second kappa shape index (κ2) is 32.4. The highest BCUT2D eigenvalue weighted by Crippen LogP contribution is 2.43. The maximum Gasteiger partial charge on any atom is 0.472 e. The van der Waals surface area contributed by atoms with Gasteiger partial charge in [0.15, 0.2) is 6.10 Å². The zero-order valence-corrected chi connectivity index (χ0v) is 35.7. The Hall–Kier alpha value is -2.57. The molecule has 1 aromatic rings. The molecule has 4 atom stereocenters. The van der Waals surface area contributed by atoms with E-state index < -0.39 is 51.3 Å². The highest BCUT2D eigenvalue weighted by Gasteiger charge is 2.26. The first-order valence-electron chi connectivity index (χ1n) is 21.0. The molecule has 1 aromatic heterocycles. The number of ether oxygens (including phenoxy) is 2. The number of carbonyl (C=O) groups is 2. The number of aliphatic hydroxyl groups excluding tert-OH is 2. The molecule has 0 aliphatic carbocycles. The average Bonchev–Trinajstić information content (AvgIpc) is 3.44. The lowest BCUT2D eigenvalue weighted by molar-refractivity contribution is -0.161. The first kappa shape index (κ1) is 51.4. The Balaban J connectivity index is 2.39. The van der Waals surface area contributed by atoms with Gasteiger partial charge in [0.1, 0.15) is 18.1 Å². The number of phosphoric ester groups is 1. The van der Waals surface area contributed by atoms with E-state index in [4.69, 9.17) is 28.7 Å². The van der Waals surface area contributed by atoms with Crippen molar-refractivity contribution in [1.82, 2.24) is 0 Å². The summed E-state index contributed by atoms with van der Waals surface area (Å²) in [6.07, 6.45) is 25.0. The molecule has 1 heterocycles. The average molecular weight is 812 g/mol. The fourth-order valence-corrected chi connectivity index (χ4v) is 6.67. The van der Waals surface area contributed by atoms with E-state index in [9.17, 15) is 29.3 Å². The molecule has 0 fully saturated rings. The summed E-state index contributed by atoms with van der Waals surface area (Å²) in [7, 11) is -4.46. The lowest BCUT2D eigenvalue weighted by atomic mass is 10.0. The fraction of sp³-hybridized carbons (Fsp3) is 0.721. The van der Waals surface area contributed by atoms with Crippen LogP contribution in [0.2, 0.25) is 0 Å². The SMILES string of the molecule is CCCCC/C=C\C/C=C\C/C=C\CC(O)C(O)CCCC(=O)OC[C@H](COP(=O)(O)OCCN)OC(=O)CCCCCCCCc1oc(CCC)c(C)c1C. The van der Waals surface area contributed by atoms with Gasteiger partial charge >= 0.3 is 19.8 Å². The van der Waals surface area contributed by atoms with Crippen molar-refractivity contribution in [2.45, 2.75) is 174 Å². The smallest absolute Gasteiger partial charge is 0.466 e. The van der Waals surface area contributed by atoms with Crippen molar-refractivity contribution < 1.29 is 52.2 Å². The van der Waals surface area contributed by atoms with Crippen LogP contribution in [-0.4, -0.2) is 71.7 Å². The molecule has 0 bridgehead atoms. The van der Waals surface area contributed by atoms with Crippen LogP contribution in [-0.2, 0) is 45.5 Å². The summed E-state index contributed by atoms with van der Waals surface area (Å²) in [6, 6.07) is 0. The summed E-state index contributed by atoms with van der Waals surface area (Å²) in [5, 5.41) is 20.7. The van der Waals surface area contributed by atoms with Gasteiger partial charge < -0.3 is 34.7 Å². The lowest BCUT2D eigenvalue weighted by Crippen LogP contribution is -2.30. The summed E-state index contributed by atoms with van der Waals surface area (Å²) < 4.78 is 38.7. The normalized spacial score (nSPS) is 14.8. The standard InChI is InChI=1S/C43H74NO11P/c1-5-7-8-9-10-11-12-13-14-15-18-21-26-38(45)39(46)27-24-30-42(47)51-33-37(34-53-56(49,50)52-32-31-44)54-43(48)29-23-20-17-16-19-22-28-41-36(4)35(3)40(55-41)25-6-2/h10-11,13-14,18,21,37-39,45-46H,5-9,12,15-17,19-20,22-34,44H2,1-4H3,(H,49,50)/b11-10-,14-13-,21-18-/t37-,38?,39?/m1/s1. The van der Waals surface area contributed by atoms with E-state index in [1.54, 1.807) is 0 Å². The van der Waals surface area contributed by atoms with Gasteiger partial charge in [0.05, 0.1) is 25.4 Å². The third-order valence-electron chi connectivity index (χ3n) is 9.40. The van der Waals surface area contributed by atoms with E-state index in [1.165, 1.54) is 30.4 Å². The number of nitrogens with two attached hydrogens (primary N) is 1. The minimum absolute atomic E-state index is 0.00473. The number of unbranched alkanes of at least 4 members (excludes halogenated alkanes) is 8. The quantitative estimate of drug-likeness (QED) is 0.0221. The summed E-state index contributed by atoms with van der Waals surface area (Å²) in [4.78, 5) is 35.0. The van der Waals surface area contributed by atoms with E-state index in [2.05, 4.69) is 52.0 Å². The zero-order valence-electron chi connectivity index (χ0n) is 34.8. The lowest BCUT2D eigenvalue weighted by Gasteiger charge is -2.20. The fourth-order valence-electron chi connectivity index (χ4n) is 5.90. The number of rotatable bonds is 35. The van der Waals surface area contributed by atoms with Crippen LogP contribution in [0.4, 0.5) is 0 Å². The van der Waals surface area contributed by atoms with Crippen molar-refractivity contribution in [1.29, 1.82) is 0 Å². The van der Waals surface area contributed by atoms with Crippen LogP contribution < -0.4 is 5.73 Å². The number of aliphatic hydroxyl groups is 2. The Morgan fingerprint density at radius 3 is 2.04 bits per heavy atom. The maximum atomic E-state index is 12.6. The molecular formula is C43H74NO11P. The van der Waals surface area contributed by atoms with Gasteiger partial charge in [0.2, 0.25) is 0 Å². The Morgan fingerprint density at radius 1 is 0.732 bits per heavy atom. The first-order chi connectivity index (χ1) is 26.9. The number of hydrogen-bond acceptors (Lipinski definition) is 11. The molecule has 0 aliphatic rings. The maximum absolute atomic E-state index is 12.6. The van der Waals surface area contributed by atoms with Gasteiger partial charge in [-0.25, -0.2) is 4.57 Å². The van der Waals surface area contributed by atoms with Crippen LogP contribution in [0.5, 0.6) is 0 Å². The summed E-state index contributed by atoms with van der Waals surface area (Å²) in [5.74, 6) is 1.04. The number of esters is 2. The molecule has 322 valence electrons. The van der Waals surface area contributed by atoms with Gasteiger partial charge in [-0.3, -0.25) is 18.6 Å². The van der Waals surface area contributed by atoms with Crippen molar-refractivity contribution in [3.63, 3.8) is 0 Å². The van der Waals surface area contributed by atoms with Gasteiger partial charge in [-0.15, -0.1) is 0 Å². The van der Waals surface area contributed by atoms with Crippen molar-refractivity contribution in [2.75, 3.05) is 26.4 Å². The van der Waals surface area contributed by atoms with Crippen LogP contribution in [0.25, 0.3) is 0 Å². The van der Waals surface area contributed by atoms with E-state index in [1.807, 2.05) is 12.2 Å². The third-order valence-corrected chi connectivity index (χ3v) is 10.4. The van der Waals surface area contributed by atoms with Crippen LogP contribution in [0, 0.1) is 13.8 Å². The minimum atomic E-state index is -4.46. The monoisotopic (exact) mass is 811 g/mol. The number of furan rings is 1. The van der Waals surface area contributed by atoms with Crippen molar-refractivity contribution in [2.24, 2.45) is 5.73 Å². The molecule has 5 N–H and O–H groups in total. The number of carbonyl (C=O) groups excluding carboxylic acids is 2. The minimum Gasteiger partial charge on any atom is -0.466 e. The zero-order chi connectivity index (χ0) is 41.4. The molecule has 0 amide bonds. The van der Waals surface area contributed by atoms with E-state index in [-0.39, 0.29) is 38.8 Å². The second-order valence-corrected chi connectivity index (χ2v) is 15.8. The molecule has 0 spiro atoms. The molecule has 0 aliphatic heterocycles. The Morgan fingerprint density at radius 2 is 1.36 bits per heavy atom. The van der Waals surface area contributed by atoms with Gasteiger partial charge in [-0.2, -0.15) is 0 Å². The van der Waals surface area contributed by atoms with Crippen LogP contribution >= 0.6 is 7.82 Å². The Labute approximate surface area is 336 Å². The predicted molar refractivity (Wildman–Crippen MR) is 221 cm³/mol. The largest absolute Gasteiger partial charge is 0.472 e. The molecule has 0 saturated carbocycles. The highest BCUT2D eigenvalue weighted by molar-refractivity contribution is 7.47. The summed E-state index contributed by atoms with van der Waals surface area (Å²) in [5.41, 5.74) is 7.86. The molecule has 0 aromatic carbocycles. The van der Waals surface area contributed by atoms with Crippen molar-refractivity contribution >= 4 is 19.8 Å². The van der Waals surface area contributed by atoms with Crippen LogP contribution in [0.3, 0.4) is 0 Å². The van der Waals surface area contributed by atoms with E-state index in [0.717, 1.165) is 82.1 Å². The van der Waals surface area contributed by atoms with Gasteiger partial charge in [-0.05, 0) is 89.2 Å². The number of phosphoric acid groups is 1. The van der Waals surface area contributed by atoms with Crippen LogP contribution in [0.15, 0.2) is 40.9 Å².